The average Bonchev–Trinajstić information content (AvgIpc) is 2.22. The van der Waals surface area contributed by atoms with Gasteiger partial charge in [0, 0.05) is 16.9 Å². The molecule has 0 aliphatic rings. The Kier molecular flexibility index (Phi) is 4.24. The standard InChI is InChI=1S/C14H19NOS/c1-9-7-12(14(3,4)5)11(8-15)10(2)13(9)17-16-6/h7H,1-6H3. The zero-order valence-electron chi connectivity index (χ0n) is 11.3. The molecule has 0 N–H and O–H groups in total. The summed E-state index contributed by atoms with van der Waals surface area (Å²) in [5.74, 6) is 0. The van der Waals surface area contributed by atoms with E-state index in [1.54, 1.807) is 7.11 Å². The maximum Gasteiger partial charge on any atom is 0.0997 e. The Hall–Kier alpha value is -0.980. The first-order chi connectivity index (χ1) is 7.82. The molecule has 0 spiro atoms. The van der Waals surface area contributed by atoms with Crippen LogP contribution in [0, 0.1) is 25.2 Å². The van der Waals surface area contributed by atoms with Gasteiger partial charge in [-0.2, -0.15) is 5.26 Å². The molecule has 0 aromatic heterocycles. The van der Waals surface area contributed by atoms with Crippen molar-refractivity contribution in [3.63, 3.8) is 0 Å². The highest BCUT2D eigenvalue weighted by Gasteiger charge is 2.22. The first kappa shape index (κ1) is 14.1. The van der Waals surface area contributed by atoms with E-state index in [2.05, 4.69) is 39.8 Å². The lowest BCUT2D eigenvalue weighted by atomic mass is 9.81. The van der Waals surface area contributed by atoms with E-state index >= 15 is 0 Å². The molecule has 0 saturated heterocycles. The third kappa shape index (κ3) is 2.83. The van der Waals surface area contributed by atoms with Crippen molar-refractivity contribution in [1.82, 2.24) is 0 Å². The monoisotopic (exact) mass is 249 g/mol. The molecule has 3 heteroatoms. The molecule has 1 rings (SSSR count). The predicted octanol–water partition coefficient (Wildman–Crippen LogP) is 4.13. The highest BCUT2D eigenvalue weighted by Crippen LogP contribution is 2.35. The minimum absolute atomic E-state index is 0.0170. The van der Waals surface area contributed by atoms with Gasteiger partial charge >= 0.3 is 0 Å². The Balaban J connectivity index is 3.54. The number of aryl methyl sites for hydroxylation is 1. The molecule has 0 saturated carbocycles. The van der Waals surface area contributed by atoms with Crippen LogP contribution in [0.15, 0.2) is 11.0 Å². The van der Waals surface area contributed by atoms with E-state index in [-0.39, 0.29) is 5.41 Å². The van der Waals surface area contributed by atoms with Crippen molar-refractivity contribution in [2.75, 3.05) is 7.11 Å². The van der Waals surface area contributed by atoms with Gasteiger partial charge in [-0.1, -0.05) is 26.8 Å². The lowest BCUT2D eigenvalue weighted by Crippen LogP contribution is -2.15. The van der Waals surface area contributed by atoms with E-state index in [0.717, 1.165) is 21.6 Å². The van der Waals surface area contributed by atoms with Crippen molar-refractivity contribution in [3.8, 4) is 6.07 Å². The Morgan fingerprint density at radius 3 is 2.29 bits per heavy atom. The largest absolute Gasteiger partial charge is 0.314 e. The van der Waals surface area contributed by atoms with Crippen molar-refractivity contribution in [3.05, 3.63) is 28.3 Å². The first-order valence-corrected chi connectivity index (χ1v) is 6.32. The van der Waals surface area contributed by atoms with Crippen LogP contribution in [0.1, 0.15) is 43.0 Å². The molecule has 0 heterocycles. The van der Waals surface area contributed by atoms with E-state index in [4.69, 9.17) is 4.18 Å². The quantitative estimate of drug-likeness (QED) is 0.739. The van der Waals surface area contributed by atoms with Gasteiger partial charge < -0.3 is 4.18 Å². The molecule has 1 aromatic carbocycles. The van der Waals surface area contributed by atoms with Crippen molar-refractivity contribution in [1.29, 1.82) is 5.26 Å². The van der Waals surface area contributed by atoms with Crippen molar-refractivity contribution >= 4 is 12.0 Å². The van der Waals surface area contributed by atoms with E-state index < -0.39 is 0 Å². The van der Waals surface area contributed by atoms with Crippen LogP contribution in [-0.4, -0.2) is 7.11 Å². The van der Waals surface area contributed by atoms with Crippen molar-refractivity contribution in [2.24, 2.45) is 0 Å². The molecule has 1 aromatic rings. The zero-order valence-corrected chi connectivity index (χ0v) is 12.2. The molecule has 0 amide bonds. The minimum atomic E-state index is -0.0170. The van der Waals surface area contributed by atoms with Crippen LogP contribution in [0.25, 0.3) is 0 Å². The molecule has 0 aliphatic heterocycles. The molecule has 0 unspecified atom stereocenters. The highest BCUT2D eigenvalue weighted by atomic mass is 32.2. The van der Waals surface area contributed by atoms with Gasteiger partial charge in [-0.05, 0) is 36.0 Å². The lowest BCUT2D eigenvalue weighted by Gasteiger charge is -2.24. The topological polar surface area (TPSA) is 33.0 Å². The van der Waals surface area contributed by atoms with Gasteiger partial charge in [-0.25, -0.2) is 0 Å². The van der Waals surface area contributed by atoms with Gasteiger partial charge in [0.2, 0.25) is 0 Å². The smallest absolute Gasteiger partial charge is 0.0997 e. The van der Waals surface area contributed by atoms with E-state index in [0.29, 0.717) is 0 Å². The zero-order chi connectivity index (χ0) is 13.2. The number of nitriles is 1. The van der Waals surface area contributed by atoms with Gasteiger partial charge in [0.25, 0.3) is 0 Å². The summed E-state index contributed by atoms with van der Waals surface area (Å²) in [4.78, 5) is 1.05. The SMILES string of the molecule is COSc1c(C)cc(C(C)(C)C)c(C#N)c1C. The second-order valence-corrected chi connectivity index (χ2v) is 6.09. The molecule has 0 aliphatic carbocycles. The van der Waals surface area contributed by atoms with Crippen LogP contribution >= 0.6 is 12.0 Å². The van der Waals surface area contributed by atoms with E-state index in [9.17, 15) is 5.26 Å². The Morgan fingerprint density at radius 2 is 1.88 bits per heavy atom. The van der Waals surface area contributed by atoms with Crippen LogP contribution in [-0.2, 0) is 9.60 Å². The average molecular weight is 249 g/mol. The number of rotatable bonds is 2. The van der Waals surface area contributed by atoms with Crippen LogP contribution in [0.2, 0.25) is 0 Å². The van der Waals surface area contributed by atoms with E-state index in [1.807, 2.05) is 6.92 Å². The Morgan fingerprint density at radius 1 is 1.29 bits per heavy atom. The fraction of sp³-hybridized carbons (Fsp3) is 0.500. The summed E-state index contributed by atoms with van der Waals surface area (Å²) in [6.07, 6.45) is 0. The minimum Gasteiger partial charge on any atom is -0.314 e. The van der Waals surface area contributed by atoms with Gasteiger partial charge in [0.05, 0.1) is 18.7 Å². The number of hydrogen-bond donors (Lipinski definition) is 0. The summed E-state index contributed by atoms with van der Waals surface area (Å²) in [6.45, 7) is 10.4. The summed E-state index contributed by atoms with van der Waals surface area (Å²) in [5, 5.41) is 9.35. The summed E-state index contributed by atoms with van der Waals surface area (Å²) < 4.78 is 5.12. The maximum atomic E-state index is 9.35. The summed E-state index contributed by atoms with van der Waals surface area (Å²) in [5.41, 5.74) is 4.05. The molecule has 0 fully saturated rings. The fourth-order valence-electron chi connectivity index (χ4n) is 1.91. The first-order valence-electron chi connectivity index (χ1n) is 5.58. The summed E-state index contributed by atoms with van der Waals surface area (Å²) in [7, 11) is 1.65. The lowest BCUT2D eigenvalue weighted by molar-refractivity contribution is 0.489. The molecule has 0 bridgehead atoms. The predicted molar refractivity (Wildman–Crippen MR) is 72.2 cm³/mol. The van der Waals surface area contributed by atoms with Crippen LogP contribution in [0.4, 0.5) is 0 Å². The number of benzene rings is 1. The molecule has 92 valence electrons. The molecule has 0 atom stereocenters. The van der Waals surface area contributed by atoms with Gasteiger partial charge in [0.15, 0.2) is 0 Å². The molecular formula is C14H19NOS. The molecular weight excluding hydrogens is 230 g/mol. The van der Waals surface area contributed by atoms with Gasteiger partial charge in [0.1, 0.15) is 0 Å². The van der Waals surface area contributed by atoms with Crippen molar-refractivity contribution in [2.45, 2.75) is 44.9 Å². The Labute approximate surface area is 108 Å². The third-order valence-electron chi connectivity index (χ3n) is 2.79. The van der Waals surface area contributed by atoms with Gasteiger partial charge in [-0.3, -0.25) is 0 Å². The second-order valence-electron chi connectivity index (χ2n) is 5.18. The molecule has 0 radical (unpaired) electrons. The highest BCUT2D eigenvalue weighted by molar-refractivity contribution is 7.94. The molecule has 2 nitrogen and oxygen atoms in total. The molecule has 17 heavy (non-hydrogen) atoms. The Bertz CT molecular complexity index is 467. The van der Waals surface area contributed by atoms with Gasteiger partial charge in [-0.15, -0.1) is 0 Å². The van der Waals surface area contributed by atoms with Crippen LogP contribution in [0.5, 0.6) is 0 Å². The third-order valence-corrected chi connectivity index (χ3v) is 3.75. The maximum absolute atomic E-state index is 9.35. The normalized spacial score (nSPS) is 11.4. The number of nitrogens with zero attached hydrogens (tertiary/aromatic N) is 1. The van der Waals surface area contributed by atoms with Crippen LogP contribution < -0.4 is 0 Å². The second kappa shape index (κ2) is 5.12. The summed E-state index contributed by atoms with van der Waals surface area (Å²) in [6, 6.07) is 4.43. The number of hydrogen-bond acceptors (Lipinski definition) is 3. The van der Waals surface area contributed by atoms with Crippen LogP contribution in [0.3, 0.4) is 0 Å². The van der Waals surface area contributed by atoms with Crippen molar-refractivity contribution < 1.29 is 4.18 Å². The summed E-state index contributed by atoms with van der Waals surface area (Å²) >= 11 is 1.33. The fourth-order valence-corrected chi connectivity index (χ4v) is 2.50. The van der Waals surface area contributed by atoms with E-state index in [1.165, 1.54) is 17.6 Å².